The van der Waals surface area contributed by atoms with Crippen molar-refractivity contribution in [1.29, 1.82) is 0 Å². The summed E-state index contributed by atoms with van der Waals surface area (Å²) in [5.74, 6) is -13.3. The lowest BCUT2D eigenvalue weighted by atomic mass is 10.1. The zero-order valence-electron chi connectivity index (χ0n) is 12.2. The smallest absolute Gasteiger partial charge is 0.422 e. The topological polar surface area (TPSA) is 84.2 Å². The molecule has 0 saturated carbocycles. The number of anilines is 1. The van der Waals surface area contributed by atoms with Gasteiger partial charge < -0.3 is 10.4 Å². The Kier molecular flexibility index (Phi) is 4.91. The van der Waals surface area contributed by atoms with Crippen molar-refractivity contribution in [3.63, 3.8) is 0 Å². The first-order chi connectivity index (χ1) is 11.9. The largest absolute Gasteiger partial charge is 0.477 e. The van der Waals surface area contributed by atoms with E-state index in [4.69, 9.17) is 5.11 Å². The molecule has 0 aliphatic heterocycles. The first-order valence-electron chi connectivity index (χ1n) is 6.43. The van der Waals surface area contributed by atoms with Gasteiger partial charge in [0.1, 0.15) is 23.5 Å². The Morgan fingerprint density at radius 3 is 2.08 bits per heavy atom. The van der Waals surface area contributed by atoms with Gasteiger partial charge in [-0.1, -0.05) is 0 Å². The molecule has 26 heavy (non-hydrogen) atoms. The zero-order chi connectivity index (χ0) is 19.8. The minimum absolute atomic E-state index is 0.495. The molecule has 2 aromatic rings. The number of carbonyl (C=O) groups excluding carboxylic acids is 1. The number of hydrogen-bond acceptors (Lipinski definition) is 3. The fraction of sp³-hybridized carbons (Fsp3) is 0.154. The van der Waals surface area contributed by atoms with Crippen LogP contribution in [-0.2, 0) is 17.5 Å². The van der Waals surface area contributed by atoms with Gasteiger partial charge in [0, 0.05) is 6.20 Å². The Bertz CT molecular complexity index is 863. The summed E-state index contributed by atoms with van der Waals surface area (Å²) in [6.07, 6.45) is -4.74. The highest BCUT2D eigenvalue weighted by atomic mass is 19.4. The summed E-state index contributed by atoms with van der Waals surface area (Å²) >= 11 is 0. The second-order valence-electron chi connectivity index (χ2n) is 4.73. The quantitative estimate of drug-likeness (QED) is 0.626. The number of benzene rings is 1. The van der Waals surface area contributed by atoms with Gasteiger partial charge in [-0.25, -0.2) is 27.0 Å². The van der Waals surface area contributed by atoms with Gasteiger partial charge in [-0.15, -0.1) is 0 Å². The number of rotatable bonds is 4. The van der Waals surface area contributed by atoms with E-state index in [0.29, 0.717) is 4.68 Å². The van der Waals surface area contributed by atoms with E-state index >= 15 is 0 Å². The Balaban J connectivity index is 2.37. The highest BCUT2D eigenvalue weighted by Crippen LogP contribution is 2.38. The van der Waals surface area contributed by atoms with Gasteiger partial charge in [0.2, 0.25) is 5.91 Å². The number of carboxylic acid groups (broad SMARTS) is 1. The van der Waals surface area contributed by atoms with Crippen molar-refractivity contribution < 1.29 is 45.4 Å². The number of halogens is 7. The van der Waals surface area contributed by atoms with E-state index in [0.717, 1.165) is 12.3 Å². The molecular formula is C13H6F7N3O3. The minimum atomic E-state index is -5.72. The van der Waals surface area contributed by atoms with Crippen molar-refractivity contribution in [1.82, 2.24) is 9.78 Å². The lowest BCUT2D eigenvalue weighted by Crippen LogP contribution is -2.25. The summed E-state index contributed by atoms with van der Waals surface area (Å²) in [5.41, 5.74) is -5.07. The van der Waals surface area contributed by atoms with Crippen molar-refractivity contribution >= 4 is 17.6 Å². The van der Waals surface area contributed by atoms with E-state index < -0.39 is 64.8 Å². The maximum absolute atomic E-state index is 13.7. The number of nitrogens with zero attached hydrogens (tertiary/aromatic N) is 2. The molecule has 0 bridgehead atoms. The molecular weight excluding hydrogens is 379 g/mol. The summed E-state index contributed by atoms with van der Waals surface area (Å²) in [7, 11) is 0. The summed E-state index contributed by atoms with van der Waals surface area (Å²) in [6, 6.07) is 0.980. The average molecular weight is 385 g/mol. The number of nitrogens with one attached hydrogen (secondary N) is 1. The van der Waals surface area contributed by atoms with E-state index in [-0.39, 0.29) is 0 Å². The highest BCUT2D eigenvalue weighted by Gasteiger charge is 2.42. The molecule has 0 unspecified atom stereocenters. The van der Waals surface area contributed by atoms with Crippen LogP contribution in [-0.4, -0.2) is 26.8 Å². The number of carboxylic acids is 1. The molecule has 6 nitrogen and oxygen atoms in total. The van der Waals surface area contributed by atoms with Crippen molar-refractivity contribution in [3.05, 3.63) is 46.8 Å². The highest BCUT2D eigenvalue weighted by molar-refractivity contribution is 5.92. The molecule has 0 spiro atoms. The third-order valence-electron chi connectivity index (χ3n) is 3.04. The number of alkyl halides is 3. The molecule has 0 aliphatic rings. The van der Waals surface area contributed by atoms with Gasteiger partial charge >= 0.3 is 12.1 Å². The number of carbonyl (C=O) groups is 2. The van der Waals surface area contributed by atoms with Crippen LogP contribution in [0.3, 0.4) is 0 Å². The second kappa shape index (κ2) is 6.65. The van der Waals surface area contributed by atoms with Gasteiger partial charge in [0.05, 0.1) is 0 Å². The predicted octanol–water partition coefficient (Wildman–Crippen LogP) is 2.80. The van der Waals surface area contributed by atoms with Crippen LogP contribution in [0.4, 0.5) is 36.4 Å². The molecule has 0 atom stereocenters. The third kappa shape index (κ3) is 3.45. The molecule has 0 fully saturated rings. The Morgan fingerprint density at radius 2 is 1.62 bits per heavy atom. The van der Waals surface area contributed by atoms with Crippen molar-refractivity contribution in [2.45, 2.75) is 12.7 Å². The van der Waals surface area contributed by atoms with Crippen LogP contribution in [0.5, 0.6) is 0 Å². The molecule has 2 N–H and O–H groups in total. The van der Waals surface area contributed by atoms with Gasteiger partial charge in [0.15, 0.2) is 23.3 Å². The maximum Gasteiger partial charge on any atom is 0.422 e. The molecule has 140 valence electrons. The lowest BCUT2D eigenvalue weighted by Gasteiger charge is -2.14. The molecule has 13 heteroatoms. The Hall–Kier alpha value is -3.12. The molecule has 1 heterocycles. The van der Waals surface area contributed by atoms with Gasteiger partial charge in [0.25, 0.3) is 0 Å². The molecule has 2 rings (SSSR count). The second-order valence-corrected chi connectivity index (χ2v) is 4.73. The molecule has 1 amide bonds. The van der Waals surface area contributed by atoms with Gasteiger partial charge in [-0.05, 0) is 6.07 Å². The number of aromatic nitrogens is 2. The Morgan fingerprint density at radius 1 is 1.08 bits per heavy atom. The van der Waals surface area contributed by atoms with E-state index in [1.54, 1.807) is 0 Å². The summed E-state index contributed by atoms with van der Waals surface area (Å²) < 4.78 is 92.2. The first kappa shape index (κ1) is 19.2. The van der Waals surface area contributed by atoms with Crippen LogP contribution in [0.2, 0.25) is 0 Å². The van der Waals surface area contributed by atoms with Gasteiger partial charge in [-0.3, -0.25) is 4.79 Å². The fourth-order valence-electron chi connectivity index (χ4n) is 1.95. The van der Waals surface area contributed by atoms with E-state index in [1.807, 2.05) is 0 Å². The number of aromatic carboxylic acids is 1. The maximum atomic E-state index is 13.7. The zero-order valence-corrected chi connectivity index (χ0v) is 12.2. The van der Waals surface area contributed by atoms with Crippen molar-refractivity contribution in [3.8, 4) is 0 Å². The van der Waals surface area contributed by atoms with Crippen LogP contribution in [0.1, 0.15) is 16.1 Å². The van der Waals surface area contributed by atoms with Crippen molar-refractivity contribution in [2.24, 2.45) is 0 Å². The van der Waals surface area contributed by atoms with Crippen molar-refractivity contribution in [2.75, 3.05) is 5.32 Å². The minimum Gasteiger partial charge on any atom is -0.477 e. The molecule has 0 aliphatic carbocycles. The van der Waals surface area contributed by atoms with Crippen LogP contribution >= 0.6 is 0 Å². The third-order valence-corrected chi connectivity index (χ3v) is 3.04. The van der Waals surface area contributed by atoms with E-state index in [9.17, 15) is 40.3 Å². The standard InChI is InChI=1S/C13H6F7N3O3/c14-7-6(13(18,19)20)8(15)10(17)11(9(7)16)22-5(24)3-23-4(12(25)26)1-2-21-23/h1-2H,3H2,(H,22,24)(H,25,26). The molecule has 1 aromatic carbocycles. The lowest BCUT2D eigenvalue weighted by molar-refractivity contribution is -0.143. The number of hydrogen-bond donors (Lipinski definition) is 2. The predicted molar refractivity (Wildman–Crippen MR) is 69.1 cm³/mol. The van der Waals surface area contributed by atoms with E-state index in [2.05, 4.69) is 5.10 Å². The molecule has 0 saturated heterocycles. The first-order valence-corrected chi connectivity index (χ1v) is 6.43. The monoisotopic (exact) mass is 385 g/mol. The van der Waals surface area contributed by atoms with Crippen LogP contribution in [0, 0.1) is 23.3 Å². The van der Waals surface area contributed by atoms with E-state index in [1.165, 1.54) is 5.32 Å². The van der Waals surface area contributed by atoms with Crippen LogP contribution in [0.25, 0.3) is 0 Å². The molecule has 0 radical (unpaired) electrons. The fourth-order valence-corrected chi connectivity index (χ4v) is 1.95. The van der Waals surface area contributed by atoms with Crippen LogP contribution < -0.4 is 5.32 Å². The van der Waals surface area contributed by atoms with Crippen LogP contribution in [0.15, 0.2) is 12.3 Å². The SMILES string of the molecule is O=C(Cn1nccc1C(=O)O)Nc1c(F)c(F)c(C(F)(F)F)c(F)c1F. The normalized spacial score (nSPS) is 11.5. The summed E-state index contributed by atoms with van der Waals surface area (Å²) in [6.45, 7) is -0.947. The summed E-state index contributed by atoms with van der Waals surface area (Å²) in [4.78, 5) is 22.5. The Labute approximate surface area is 138 Å². The van der Waals surface area contributed by atoms with Gasteiger partial charge in [-0.2, -0.15) is 18.3 Å². The molecule has 1 aromatic heterocycles. The number of amides is 1. The summed E-state index contributed by atoms with van der Waals surface area (Å²) in [5, 5.41) is 13.6. The average Bonchev–Trinajstić information content (AvgIpc) is 2.96.